The van der Waals surface area contributed by atoms with Gasteiger partial charge in [-0.15, -0.1) is 0 Å². The first-order chi connectivity index (χ1) is 13.8. The number of alkyl halides is 1. The number of H-pyrrole nitrogens is 1. The van der Waals surface area contributed by atoms with Gasteiger partial charge in [-0.25, -0.2) is 19.3 Å². The molecule has 1 saturated carbocycles. The van der Waals surface area contributed by atoms with E-state index in [9.17, 15) is 4.39 Å². The van der Waals surface area contributed by atoms with Crippen LogP contribution in [0.25, 0.3) is 22.4 Å². The second-order valence-corrected chi connectivity index (χ2v) is 10.7. The van der Waals surface area contributed by atoms with Gasteiger partial charge in [0, 0.05) is 32.8 Å². The Bertz CT molecular complexity index is 1040. The Hall–Kier alpha value is -1.48. The van der Waals surface area contributed by atoms with Crippen LogP contribution in [0.2, 0.25) is 5.02 Å². The lowest BCUT2D eigenvalue weighted by molar-refractivity contribution is 0.258. The van der Waals surface area contributed by atoms with Crippen LogP contribution < -0.4 is 5.32 Å². The maximum absolute atomic E-state index is 14.7. The lowest BCUT2D eigenvalue weighted by Gasteiger charge is -2.45. The molecule has 0 bridgehead atoms. The van der Waals surface area contributed by atoms with E-state index in [0.29, 0.717) is 28.3 Å². The van der Waals surface area contributed by atoms with Gasteiger partial charge >= 0.3 is 0 Å². The van der Waals surface area contributed by atoms with Crippen LogP contribution in [0, 0.1) is 17.7 Å². The van der Waals surface area contributed by atoms with E-state index in [1.165, 1.54) is 12.6 Å². The summed E-state index contributed by atoms with van der Waals surface area (Å²) in [7, 11) is 0. The number of nitrogens with zero attached hydrogens (tertiary/aromatic N) is 3. The normalized spacial score (nSPS) is 24.9. The summed E-state index contributed by atoms with van der Waals surface area (Å²) in [6.45, 7) is 6.73. The zero-order valence-corrected chi connectivity index (χ0v) is 19.6. The largest absolute Gasteiger partial charge is 0.363 e. The van der Waals surface area contributed by atoms with Crippen LogP contribution in [0.1, 0.15) is 40.0 Å². The first kappa shape index (κ1) is 20.8. The molecule has 4 rings (SSSR count). The molecule has 154 valence electrons. The zero-order valence-electron chi connectivity index (χ0n) is 16.6. The maximum atomic E-state index is 14.7. The van der Waals surface area contributed by atoms with E-state index in [0.717, 1.165) is 23.8 Å². The van der Waals surface area contributed by atoms with Gasteiger partial charge in [0.2, 0.25) is 0 Å². The fourth-order valence-corrected chi connectivity index (χ4v) is 5.03. The van der Waals surface area contributed by atoms with Crippen LogP contribution in [-0.2, 0) is 0 Å². The predicted octanol–water partition coefficient (Wildman–Crippen LogP) is 6.24. The molecule has 1 fully saturated rings. The van der Waals surface area contributed by atoms with Crippen LogP contribution >= 0.6 is 34.2 Å². The number of hydrogen-bond acceptors (Lipinski definition) is 4. The molecule has 3 heterocycles. The summed E-state index contributed by atoms with van der Waals surface area (Å²) in [5.41, 5.74) is 1.44. The molecule has 29 heavy (non-hydrogen) atoms. The summed E-state index contributed by atoms with van der Waals surface area (Å²) in [6.07, 6.45) is 7.89. The van der Waals surface area contributed by atoms with Crippen LogP contribution in [0.5, 0.6) is 0 Å². The number of fused-ring (bicyclic) bond motifs is 1. The molecular formula is C21H24ClFIN5. The van der Waals surface area contributed by atoms with Crippen molar-refractivity contribution in [2.45, 2.75) is 49.5 Å². The van der Waals surface area contributed by atoms with E-state index in [2.05, 4.69) is 68.6 Å². The van der Waals surface area contributed by atoms with Crippen molar-refractivity contribution in [1.82, 2.24) is 19.9 Å². The molecule has 0 spiro atoms. The van der Waals surface area contributed by atoms with Crippen LogP contribution in [0.15, 0.2) is 24.7 Å². The number of aromatic amines is 1. The quantitative estimate of drug-likeness (QED) is 0.311. The van der Waals surface area contributed by atoms with Gasteiger partial charge < -0.3 is 10.3 Å². The topological polar surface area (TPSA) is 66.5 Å². The molecule has 1 aliphatic carbocycles. The summed E-state index contributed by atoms with van der Waals surface area (Å²) < 4.78 is 14.7. The third kappa shape index (κ3) is 3.95. The zero-order chi connectivity index (χ0) is 20.8. The number of aromatic nitrogens is 4. The van der Waals surface area contributed by atoms with Crippen LogP contribution in [0.3, 0.4) is 0 Å². The molecule has 2 N–H and O–H groups in total. The lowest BCUT2D eigenvalue weighted by atomic mass is 9.74. The monoisotopic (exact) mass is 527 g/mol. The van der Waals surface area contributed by atoms with Crippen molar-refractivity contribution >= 4 is 51.0 Å². The number of nitrogens with one attached hydrogen (secondary N) is 2. The average molecular weight is 528 g/mol. The Balaban J connectivity index is 1.71. The second kappa shape index (κ2) is 7.98. The second-order valence-electron chi connectivity index (χ2n) is 8.30. The Morgan fingerprint density at radius 3 is 2.90 bits per heavy atom. The summed E-state index contributed by atoms with van der Waals surface area (Å²) in [4.78, 5) is 16.1. The maximum Gasteiger partial charge on any atom is 0.183 e. The fourth-order valence-electron chi connectivity index (χ4n) is 4.15. The van der Waals surface area contributed by atoms with Gasteiger partial charge in [-0.05, 0) is 37.2 Å². The first-order valence-corrected chi connectivity index (χ1v) is 11.3. The van der Waals surface area contributed by atoms with Gasteiger partial charge in [0.05, 0.1) is 11.2 Å². The summed E-state index contributed by atoms with van der Waals surface area (Å²) >= 11 is 8.67. The number of pyridine rings is 1. The summed E-state index contributed by atoms with van der Waals surface area (Å²) in [5, 5.41) is 4.77. The van der Waals surface area contributed by atoms with Crippen molar-refractivity contribution in [3.8, 4) is 11.4 Å². The third-order valence-corrected chi connectivity index (χ3v) is 8.73. The minimum absolute atomic E-state index is 0.0556. The summed E-state index contributed by atoms with van der Waals surface area (Å²) in [6, 6.07) is 1.95. The van der Waals surface area contributed by atoms with Crippen LogP contribution in [-0.4, -0.2) is 29.4 Å². The highest BCUT2D eigenvalue weighted by Gasteiger charge is 2.43. The molecular weight excluding hydrogens is 504 g/mol. The smallest absolute Gasteiger partial charge is 0.183 e. The molecule has 0 aliphatic heterocycles. The van der Waals surface area contributed by atoms with E-state index in [-0.39, 0.29) is 15.3 Å². The van der Waals surface area contributed by atoms with E-state index >= 15 is 0 Å². The van der Waals surface area contributed by atoms with Crippen molar-refractivity contribution in [3.05, 3.63) is 35.5 Å². The molecule has 5 nitrogen and oxygen atoms in total. The summed E-state index contributed by atoms with van der Waals surface area (Å²) in [5.74, 6) is 1.32. The van der Waals surface area contributed by atoms with Gasteiger partial charge in [-0.1, -0.05) is 55.0 Å². The highest BCUT2D eigenvalue weighted by molar-refractivity contribution is 14.1. The Morgan fingerprint density at radius 1 is 1.34 bits per heavy atom. The first-order valence-electron chi connectivity index (χ1n) is 9.89. The van der Waals surface area contributed by atoms with Crippen molar-refractivity contribution in [2.24, 2.45) is 11.8 Å². The van der Waals surface area contributed by atoms with Crippen molar-refractivity contribution in [2.75, 3.05) is 5.32 Å². The van der Waals surface area contributed by atoms with E-state index in [1.807, 2.05) is 6.07 Å². The molecule has 0 saturated heterocycles. The van der Waals surface area contributed by atoms with Crippen molar-refractivity contribution < 1.29 is 4.39 Å². The van der Waals surface area contributed by atoms with E-state index in [1.54, 1.807) is 12.4 Å². The van der Waals surface area contributed by atoms with Gasteiger partial charge in [-0.2, -0.15) is 0 Å². The van der Waals surface area contributed by atoms with Gasteiger partial charge in [0.15, 0.2) is 17.5 Å². The Labute approximate surface area is 188 Å². The number of halogens is 3. The number of hydrogen-bond donors (Lipinski definition) is 2. The molecule has 8 heteroatoms. The van der Waals surface area contributed by atoms with Gasteiger partial charge in [0.1, 0.15) is 5.65 Å². The standard InChI is InChI=1S/C21H24ClFIN5/c1-11(2)21(24)5-4-12(3)6-17(21)28-20-16(23)10-27-19(29-20)15-9-26-18-14(15)7-13(22)8-25-18/h7-12,17H,4-6H2,1-3H3,(H,25,26)(H,27,28,29)/t12-,17-,21-/m1/s1. The average Bonchev–Trinajstić information content (AvgIpc) is 3.09. The molecule has 3 atom stereocenters. The fraction of sp³-hybridized carbons (Fsp3) is 0.476. The molecule has 0 aromatic carbocycles. The molecule has 0 unspecified atom stereocenters. The molecule has 0 amide bonds. The minimum Gasteiger partial charge on any atom is -0.363 e. The highest BCUT2D eigenvalue weighted by Crippen LogP contribution is 2.45. The van der Waals surface area contributed by atoms with Gasteiger partial charge in [-0.3, -0.25) is 0 Å². The van der Waals surface area contributed by atoms with Crippen molar-refractivity contribution in [1.29, 1.82) is 0 Å². The Kier molecular flexibility index (Phi) is 5.72. The third-order valence-electron chi connectivity index (χ3n) is 5.99. The molecule has 3 aromatic heterocycles. The van der Waals surface area contributed by atoms with Crippen molar-refractivity contribution in [3.63, 3.8) is 0 Å². The predicted molar refractivity (Wildman–Crippen MR) is 124 cm³/mol. The van der Waals surface area contributed by atoms with E-state index in [4.69, 9.17) is 11.6 Å². The lowest BCUT2D eigenvalue weighted by Crippen LogP contribution is -2.50. The number of rotatable bonds is 4. The van der Waals surface area contributed by atoms with E-state index < -0.39 is 5.82 Å². The molecule has 3 aromatic rings. The van der Waals surface area contributed by atoms with Gasteiger partial charge in [0.25, 0.3) is 0 Å². The van der Waals surface area contributed by atoms with Crippen LogP contribution in [0.4, 0.5) is 10.2 Å². The molecule has 1 aliphatic rings. The highest BCUT2D eigenvalue weighted by atomic mass is 127. The molecule has 0 radical (unpaired) electrons. The number of anilines is 1. The Morgan fingerprint density at radius 2 is 2.14 bits per heavy atom. The minimum atomic E-state index is -0.439. The SMILES string of the molecule is CC(C)[C@]1(I)CC[C@@H](C)C[C@H]1Nc1nc(-c2c[nH]c3ncc(Cl)cc23)ncc1F.